The number of nitrogens with one attached hydrogen (secondary N) is 2. The highest BCUT2D eigenvalue weighted by Gasteiger charge is 2.34. The Hall–Kier alpha value is -1.32. The quantitative estimate of drug-likeness (QED) is 0.897. The van der Waals surface area contributed by atoms with E-state index in [9.17, 15) is 0 Å². The maximum atomic E-state index is 3.48. The van der Waals surface area contributed by atoms with Gasteiger partial charge in [-0.25, -0.2) is 0 Å². The average Bonchev–Trinajstić information content (AvgIpc) is 2.87. The summed E-state index contributed by atoms with van der Waals surface area (Å²) in [6.45, 7) is 4.62. The van der Waals surface area contributed by atoms with E-state index < -0.39 is 0 Å². The van der Waals surface area contributed by atoms with Gasteiger partial charge in [0.15, 0.2) is 0 Å². The molecular weight excluding hydrogens is 246 g/mol. The van der Waals surface area contributed by atoms with Crippen molar-refractivity contribution in [3.05, 3.63) is 36.0 Å². The first-order valence-electron chi connectivity index (χ1n) is 7.94. The number of fused-ring (bicyclic) bond motifs is 1. The van der Waals surface area contributed by atoms with Gasteiger partial charge < -0.3 is 10.3 Å². The summed E-state index contributed by atoms with van der Waals surface area (Å²) in [7, 11) is 0. The van der Waals surface area contributed by atoms with E-state index >= 15 is 0 Å². The normalized spacial score (nSPS) is 22.8. The van der Waals surface area contributed by atoms with Crippen molar-refractivity contribution in [3.63, 3.8) is 0 Å². The maximum Gasteiger partial charge on any atom is 0.0457 e. The second-order valence-corrected chi connectivity index (χ2v) is 6.21. The molecule has 1 aromatic heterocycles. The molecule has 3 nitrogen and oxygen atoms in total. The van der Waals surface area contributed by atoms with Crippen molar-refractivity contribution < 1.29 is 0 Å². The molecule has 2 aromatic rings. The van der Waals surface area contributed by atoms with Gasteiger partial charge in [0.1, 0.15) is 0 Å². The summed E-state index contributed by atoms with van der Waals surface area (Å²) < 4.78 is 0. The third kappa shape index (κ3) is 2.05. The van der Waals surface area contributed by atoms with Crippen LogP contribution in [0.5, 0.6) is 0 Å². The topological polar surface area (TPSA) is 31.1 Å². The number of piperazine rings is 1. The number of hydrogen-bond donors (Lipinski definition) is 2. The van der Waals surface area contributed by atoms with Gasteiger partial charge in [-0.05, 0) is 30.4 Å². The fraction of sp³-hybridized carbons (Fsp3) is 0.529. The summed E-state index contributed by atoms with van der Waals surface area (Å²) in [5.74, 6) is 0.854. The van der Waals surface area contributed by atoms with Crippen molar-refractivity contribution in [2.24, 2.45) is 5.92 Å². The first-order chi connectivity index (χ1) is 9.93. The summed E-state index contributed by atoms with van der Waals surface area (Å²) in [6.07, 6.45) is 6.47. The summed E-state index contributed by atoms with van der Waals surface area (Å²) in [6, 6.07) is 9.35. The molecule has 1 atom stereocenters. The number of hydrogen-bond acceptors (Lipinski definition) is 2. The number of nitrogens with zero attached hydrogens (tertiary/aromatic N) is 1. The van der Waals surface area contributed by atoms with E-state index in [4.69, 9.17) is 0 Å². The molecule has 20 heavy (non-hydrogen) atoms. The number of aromatic amines is 1. The Balaban J connectivity index is 1.73. The van der Waals surface area contributed by atoms with E-state index in [1.807, 2.05) is 0 Å². The van der Waals surface area contributed by atoms with Crippen molar-refractivity contribution in [2.45, 2.75) is 25.3 Å². The molecule has 1 aliphatic heterocycles. The van der Waals surface area contributed by atoms with E-state index in [-0.39, 0.29) is 0 Å². The van der Waals surface area contributed by atoms with Gasteiger partial charge in [0, 0.05) is 49.3 Å². The average molecular weight is 269 g/mol. The largest absolute Gasteiger partial charge is 0.361 e. The number of benzene rings is 1. The van der Waals surface area contributed by atoms with Gasteiger partial charge in [0.25, 0.3) is 0 Å². The molecule has 1 saturated carbocycles. The van der Waals surface area contributed by atoms with E-state index in [2.05, 4.69) is 45.7 Å². The van der Waals surface area contributed by atoms with Gasteiger partial charge in [-0.15, -0.1) is 0 Å². The lowest BCUT2D eigenvalue weighted by molar-refractivity contribution is 0.0846. The lowest BCUT2D eigenvalue weighted by Crippen LogP contribution is -2.47. The Morgan fingerprint density at radius 3 is 2.65 bits per heavy atom. The second kappa shape index (κ2) is 5.23. The Kier molecular flexibility index (Phi) is 3.25. The predicted octanol–water partition coefficient (Wildman–Crippen LogP) is 2.91. The highest BCUT2D eigenvalue weighted by atomic mass is 15.2. The highest BCUT2D eigenvalue weighted by Crippen LogP contribution is 2.43. The van der Waals surface area contributed by atoms with Gasteiger partial charge >= 0.3 is 0 Å². The van der Waals surface area contributed by atoms with Crippen LogP contribution in [0.15, 0.2) is 30.5 Å². The summed E-state index contributed by atoms with van der Waals surface area (Å²) in [5, 5.41) is 4.90. The molecule has 0 unspecified atom stereocenters. The standard InChI is InChI=1S/C17H23N3/c1-2-7-16-14(6-1)15(12-19-16)17(13-4-3-5-13)20-10-8-18-9-11-20/h1-2,6-7,12-13,17-19H,3-5,8-11H2/t17-/m1/s1. The van der Waals surface area contributed by atoms with Crippen molar-refractivity contribution in [1.82, 2.24) is 15.2 Å². The smallest absolute Gasteiger partial charge is 0.0457 e. The van der Waals surface area contributed by atoms with E-state index in [0.29, 0.717) is 6.04 Å². The molecule has 2 heterocycles. The van der Waals surface area contributed by atoms with Crippen LogP contribution in [0.2, 0.25) is 0 Å². The fourth-order valence-electron chi connectivity index (χ4n) is 3.80. The van der Waals surface area contributed by atoms with E-state index in [0.717, 1.165) is 19.0 Å². The molecule has 2 aliphatic rings. The van der Waals surface area contributed by atoms with Crippen LogP contribution in [-0.4, -0.2) is 36.1 Å². The zero-order valence-corrected chi connectivity index (χ0v) is 11.9. The molecule has 4 rings (SSSR count). The van der Waals surface area contributed by atoms with Crippen LogP contribution < -0.4 is 5.32 Å². The van der Waals surface area contributed by atoms with E-state index in [1.54, 1.807) is 0 Å². The van der Waals surface area contributed by atoms with Gasteiger partial charge in [0.2, 0.25) is 0 Å². The fourth-order valence-corrected chi connectivity index (χ4v) is 3.80. The lowest BCUT2D eigenvalue weighted by atomic mass is 9.76. The minimum atomic E-state index is 0.613. The lowest BCUT2D eigenvalue weighted by Gasteiger charge is -2.43. The number of para-hydroxylation sites is 1. The zero-order chi connectivity index (χ0) is 13.4. The molecule has 106 valence electrons. The number of H-pyrrole nitrogens is 1. The molecular formula is C17H23N3. The number of rotatable bonds is 3. The van der Waals surface area contributed by atoms with Crippen LogP contribution >= 0.6 is 0 Å². The first kappa shape index (κ1) is 12.4. The van der Waals surface area contributed by atoms with Gasteiger partial charge in [-0.2, -0.15) is 0 Å². The third-order valence-corrected chi connectivity index (χ3v) is 5.08. The summed E-state index contributed by atoms with van der Waals surface area (Å²) in [4.78, 5) is 6.17. The van der Waals surface area contributed by atoms with Crippen molar-refractivity contribution in [3.8, 4) is 0 Å². The second-order valence-electron chi connectivity index (χ2n) is 6.21. The Labute approximate surface area is 120 Å². The van der Waals surface area contributed by atoms with Crippen molar-refractivity contribution >= 4 is 10.9 Å². The molecule has 2 fully saturated rings. The highest BCUT2D eigenvalue weighted by molar-refractivity contribution is 5.83. The van der Waals surface area contributed by atoms with Crippen LogP contribution in [-0.2, 0) is 0 Å². The van der Waals surface area contributed by atoms with Crippen LogP contribution in [0.4, 0.5) is 0 Å². The molecule has 1 saturated heterocycles. The first-order valence-corrected chi connectivity index (χ1v) is 7.94. The molecule has 0 bridgehead atoms. The monoisotopic (exact) mass is 269 g/mol. The molecule has 0 radical (unpaired) electrons. The SMILES string of the molecule is c1ccc2c([C@@H](C3CCC3)N3CCNCC3)c[nH]c2c1. The summed E-state index contributed by atoms with van der Waals surface area (Å²) >= 11 is 0. The van der Waals surface area contributed by atoms with E-state index in [1.165, 1.54) is 48.8 Å². The van der Waals surface area contributed by atoms with Gasteiger partial charge in [0.05, 0.1) is 0 Å². The summed E-state index contributed by atoms with van der Waals surface area (Å²) in [5.41, 5.74) is 2.80. The van der Waals surface area contributed by atoms with Gasteiger partial charge in [-0.1, -0.05) is 24.6 Å². The van der Waals surface area contributed by atoms with Crippen LogP contribution in [0, 0.1) is 5.92 Å². The molecule has 1 aromatic carbocycles. The molecule has 0 spiro atoms. The minimum Gasteiger partial charge on any atom is -0.361 e. The molecule has 1 aliphatic carbocycles. The Morgan fingerprint density at radius 1 is 1.10 bits per heavy atom. The van der Waals surface area contributed by atoms with Crippen LogP contribution in [0.25, 0.3) is 10.9 Å². The Bertz CT molecular complexity index is 579. The minimum absolute atomic E-state index is 0.613. The molecule has 0 amide bonds. The van der Waals surface area contributed by atoms with Crippen LogP contribution in [0.3, 0.4) is 0 Å². The zero-order valence-electron chi connectivity index (χ0n) is 11.9. The maximum absolute atomic E-state index is 3.48. The number of aromatic nitrogens is 1. The predicted molar refractivity (Wildman–Crippen MR) is 82.8 cm³/mol. The Morgan fingerprint density at radius 2 is 1.90 bits per heavy atom. The molecule has 3 heteroatoms. The van der Waals surface area contributed by atoms with Crippen LogP contribution in [0.1, 0.15) is 30.9 Å². The van der Waals surface area contributed by atoms with Crippen molar-refractivity contribution in [2.75, 3.05) is 26.2 Å². The van der Waals surface area contributed by atoms with Crippen molar-refractivity contribution in [1.29, 1.82) is 0 Å². The molecule has 2 N–H and O–H groups in total. The third-order valence-electron chi connectivity index (χ3n) is 5.08. The van der Waals surface area contributed by atoms with Gasteiger partial charge in [-0.3, -0.25) is 4.90 Å².